The summed E-state index contributed by atoms with van der Waals surface area (Å²) >= 11 is 0. The molecule has 0 aliphatic carbocycles. The Kier molecular flexibility index (Phi) is 1970. The van der Waals surface area contributed by atoms with Crippen molar-refractivity contribution in [2.24, 2.45) is 0 Å². The van der Waals surface area contributed by atoms with Crippen LogP contribution in [-0.2, 0) is 341 Å². The van der Waals surface area contributed by atoms with E-state index in [1.165, 1.54) is 0 Å². The van der Waals surface area contributed by atoms with Crippen molar-refractivity contribution in [1.82, 2.24) is 0 Å². The van der Waals surface area contributed by atoms with Gasteiger partial charge in [-0.25, -0.2) is 0 Å². The van der Waals surface area contributed by atoms with E-state index in [4.69, 9.17) is 0 Å². The molecule has 0 aromatic rings. The van der Waals surface area contributed by atoms with E-state index in [-0.39, 0.29) is 859 Å². The quantitative estimate of drug-likeness (QED) is 0.257. The monoisotopic (exact) mass is 2520 g/mol. The third-order valence-corrected chi connectivity index (χ3v) is 0. The number of hydrogen-bond donors (Lipinski definition) is 0. The van der Waals surface area contributed by atoms with Crippen molar-refractivity contribution in [3.8, 4) is 0 Å². The van der Waals surface area contributed by atoms with E-state index < -0.39 is 0 Å². The van der Waals surface area contributed by atoms with Crippen LogP contribution < -0.4 is 0 Å². The fraction of sp³-hybridized carbons (Fsp3) is 0. The summed E-state index contributed by atoms with van der Waals surface area (Å²) in [6.07, 6.45) is 0. The third kappa shape index (κ3) is 224. The van der Waals surface area contributed by atoms with Gasteiger partial charge in [-0.05, 0) is 0 Å². The Hall–Kier alpha value is 26.1. The van der Waals surface area contributed by atoms with E-state index in [2.05, 4.69) is 0 Å². The van der Waals surface area contributed by atoms with Gasteiger partial charge in [-0.1, -0.05) is 0 Å². The van der Waals surface area contributed by atoms with E-state index >= 15 is 0 Å². The molecule has 0 aromatic heterocycles. The summed E-state index contributed by atoms with van der Waals surface area (Å²) in [4.78, 5) is 0. The van der Waals surface area contributed by atoms with Crippen LogP contribution in [0.3, 0.4) is 0 Å². The Labute approximate surface area is 829 Å². The molecule has 0 fully saturated rings. The third-order valence-electron chi connectivity index (χ3n) is 0. The van der Waals surface area contributed by atoms with Gasteiger partial charge in [-0.15, -0.1) is 0 Å². The van der Waals surface area contributed by atoms with Crippen molar-refractivity contribution in [3.05, 3.63) is 0 Å². The van der Waals surface area contributed by atoms with E-state index in [0.717, 1.165) is 0 Å². The van der Waals surface area contributed by atoms with Gasteiger partial charge in [0.25, 0.3) is 0 Å². The predicted octanol–water partition coefficient (Wildman–Crippen LogP) is -1.61. The molecule has 0 unspecified atom stereocenters. The van der Waals surface area contributed by atoms with E-state index in [1.54, 1.807) is 0 Å². The maximum absolute atomic E-state index is 0. The second-order valence-corrected chi connectivity index (χ2v) is 0. The average Bonchev–Trinajstić information content (AvgIpc) is 0. The smallest absolute Gasteiger partial charge is 1.00 e. The first-order valence-corrected chi connectivity index (χ1v) is 0. The molecule has 0 heterocycles. The van der Waals surface area contributed by atoms with Crippen LogP contribution in [0.1, 0.15) is 28.5 Å². The van der Waals surface area contributed by atoms with E-state index in [1.807, 2.05) is 0 Å². The Morgan fingerprint density at radius 1 is 0.100 bits per heavy atom. The molecule has 0 bridgehead atoms. The predicted molar refractivity (Wildman–Crippen MR) is 79.8 cm³/mol. The Balaban J connectivity index is 0. The van der Waals surface area contributed by atoms with Gasteiger partial charge in [0.05, 0.1) is 0 Å². The minimum Gasteiger partial charge on any atom is -1.00 e. The average molecular weight is 2510 g/mol. The van der Waals surface area contributed by atoms with Crippen molar-refractivity contribution in [2.45, 2.75) is 0 Å². The first-order valence-electron chi connectivity index (χ1n) is 0. The van der Waals surface area contributed by atoms with Crippen LogP contribution in [0.25, 0.3) is 0 Å². The van der Waals surface area contributed by atoms with Gasteiger partial charge in [0.2, 0.25) is 0 Å². The first kappa shape index (κ1) is 250. The van der Waals surface area contributed by atoms with E-state index in [0.29, 0.717) is 0 Å². The second-order valence-electron chi connectivity index (χ2n) is 0. The molecule has 0 amide bonds. The first-order chi connectivity index (χ1) is 0. The molecule has 30 heavy (non-hydrogen) atoms. The Morgan fingerprint density at radius 3 is 0.100 bits per heavy atom. The van der Waals surface area contributed by atoms with Gasteiger partial charge in [0.15, 0.2) is 0 Å². The molecular weight excluding hydrogens is 2490 g/mol. The van der Waals surface area contributed by atoms with Gasteiger partial charge in [0, 0.05) is 341 Å². The summed E-state index contributed by atoms with van der Waals surface area (Å²) in [6.45, 7) is 0. The van der Waals surface area contributed by atoms with Crippen molar-refractivity contribution in [1.29, 1.82) is 0 Å². The molecule has 30 heteroatoms. The largest absolute Gasteiger partial charge is 2.00 e. The molecule has 0 N–H and O–H groups in total. The van der Waals surface area contributed by atoms with Gasteiger partial charge >= 0.3 is 489 Å². The van der Waals surface area contributed by atoms with Crippen molar-refractivity contribution < 1.29 is 370 Å². The fourth-order valence-electron chi connectivity index (χ4n) is 0. The summed E-state index contributed by atoms with van der Waals surface area (Å²) in [5, 5.41) is 0. The fourth-order valence-corrected chi connectivity index (χ4v) is 0. The van der Waals surface area contributed by atoms with E-state index in [9.17, 15) is 0 Å². The minimum absolute atomic E-state index is 0. The van der Waals surface area contributed by atoms with Crippen LogP contribution in [0.2, 0.25) is 0 Å². The maximum Gasteiger partial charge on any atom is 2.00 e. The molecule has 0 saturated carbocycles. The maximum atomic E-state index is 0. The Bertz CT molecular complexity index is 76.1. The molecule has 200 valence electrons. The number of hydrogen-bond acceptors (Lipinski definition) is 0. The Morgan fingerprint density at radius 2 is 0.100 bits per heavy atom. The van der Waals surface area contributed by atoms with Crippen molar-refractivity contribution in [3.63, 3.8) is 0 Å². The van der Waals surface area contributed by atoms with Gasteiger partial charge < -0.3 is 28.5 Å². The van der Waals surface area contributed by atoms with Crippen LogP contribution >= 0.6 is 0 Å². The molecule has 0 aromatic carbocycles. The summed E-state index contributed by atoms with van der Waals surface area (Å²) in [6, 6.07) is 0. The topological polar surface area (TPSA) is 0 Å². The summed E-state index contributed by atoms with van der Waals surface area (Å²) in [5.74, 6) is 0. The van der Waals surface area contributed by atoms with Crippen LogP contribution in [0.15, 0.2) is 0 Å². The molecule has 0 saturated heterocycles. The summed E-state index contributed by atoms with van der Waals surface area (Å²) in [7, 11) is 0. The van der Waals surface area contributed by atoms with Gasteiger partial charge in [-0.3, -0.25) is 0 Å². The van der Waals surface area contributed by atoms with Crippen LogP contribution in [-0.4, -0.2) is 489 Å². The molecule has 0 aliphatic heterocycles. The second kappa shape index (κ2) is 237. The van der Waals surface area contributed by atoms with Gasteiger partial charge in [-0.2, -0.15) is 0 Å². The standard InChI is InChI=1S/10Ba.20Fe.20H/q10*+2;;;;;;;;;;;;;;;;;;;;;20*-1. The zero-order valence-electron chi connectivity index (χ0n) is 34.1. The minimum atomic E-state index is 0. The molecule has 0 nitrogen and oxygen atoms in total. The molecule has 0 radical (unpaired) electrons. The zero-order chi connectivity index (χ0) is 0. The molecule has 0 atom stereocenters. The molecule has 0 spiro atoms. The SMILES string of the molecule is [Ba+2].[Ba+2].[Ba+2].[Ba+2].[Ba+2].[Ba+2].[Ba+2].[Ba+2].[Ba+2].[Ba+2].[Fe].[Fe].[Fe].[Fe].[Fe].[Fe].[Fe].[Fe].[Fe].[Fe].[Fe].[Fe].[Fe].[Fe].[Fe].[Fe].[Fe].[Fe].[Fe].[Fe].[H-].[H-].[H-].[H-].[H-].[H-].[H-].[H-].[H-].[H-].[H-].[H-].[H-].[H-].[H-].[H-].[H-].[H-].[H-].[H-]. The molecular formula is H20Ba10Fe20. The van der Waals surface area contributed by atoms with Crippen LogP contribution in [0.5, 0.6) is 0 Å². The normalized spacial score (nSPS) is 0. The van der Waals surface area contributed by atoms with Gasteiger partial charge in [0.1, 0.15) is 0 Å². The molecule has 0 aliphatic rings. The zero-order valence-corrected chi connectivity index (χ0v) is 80.6. The van der Waals surface area contributed by atoms with Crippen LogP contribution in [0.4, 0.5) is 0 Å². The molecule has 0 rings (SSSR count). The van der Waals surface area contributed by atoms with Crippen molar-refractivity contribution >= 4 is 489 Å². The number of rotatable bonds is 0. The summed E-state index contributed by atoms with van der Waals surface area (Å²) in [5.41, 5.74) is 0. The summed E-state index contributed by atoms with van der Waals surface area (Å²) < 4.78 is 0. The van der Waals surface area contributed by atoms with Crippen LogP contribution in [0, 0.1) is 0 Å². The van der Waals surface area contributed by atoms with Crippen molar-refractivity contribution in [2.75, 3.05) is 0 Å².